The van der Waals surface area contributed by atoms with E-state index in [-0.39, 0.29) is 0 Å². The molecule has 4 nitrogen and oxygen atoms in total. The van der Waals surface area contributed by atoms with Crippen molar-refractivity contribution in [1.82, 2.24) is 0 Å². The molecule has 26 heavy (non-hydrogen) atoms. The Bertz CT molecular complexity index is 709. The quantitative estimate of drug-likeness (QED) is 0.675. The minimum Gasteiger partial charge on any atom is -0.303 e. The van der Waals surface area contributed by atoms with E-state index in [0.717, 1.165) is 14.2 Å². The van der Waals surface area contributed by atoms with Crippen LogP contribution in [0.3, 0.4) is 0 Å². The third-order valence-electron chi connectivity index (χ3n) is 3.50. The highest BCUT2D eigenvalue weighted by molar-refractivity contribution is 7.79. The Morgan fingerprint density at radius 2 is 0.923 bits per heavy atom. The van der Waals surface area contributed by atoms with Gasteiger partial charge in [-0.2, -0.15) is 0 Å². The van der Waals surface area contributed by atoms with Crippen LogP contribution in [-0.2, 0) is 13.6 Å². The largest absolute Gasteiger partial charge is 0.471 e. The summed E-state index contributed by atoms with van der Waals surface area (Å²) in [6, 6.07) is 32.3. The lowest BCUT2D eigenvalue weighted by atomic mass is 10.4. The van der Waals surface area contributed by atoms with Crippen LogP contribution in [0.4, 0.5) is 0 Å². The van der Waals surface area contributed by atoms with Crippen molar-refractivity contribution in [2.75, 3.05) is 14.2 Å². The van der Waals surface area contributed by atoms with Crippen molar-refractivity contribution in [3.05, 3.63) is 91.0 Å². The van der Waals surface area contributed by atoms with Crippen molar-refractivity contribution >= 4 is 31.7 Å². The first-order valence-corrected chi connectivity index (χ1v) is 10.8. The molecular formula is C20H22O4P2. The van der Waals surface area contributed by atoms with Crippen LogP contribution in [-0.4, -0.2) is 19.1 Å². The van der Waals surface area contributed by atoms with Crippen molar-refractivity contribution in [3.8, 4) is 0 Å². The molecule has 0 aromatic heterocycles. The van der Waals surface area contributed by atoms with E-state index in [0.29, 0.717) is 0 Å². The van der Waals surface area contributed by atoms with Gasteiger partial charge >= 0.3 is 7.82 Å². The highest BCUT2D eigenvalue weighted by Gasteiger charge is 2.15. The summed E-state index contributed by atoms with van der Waals surface area (Å²) in [5.74, 6) is 0. The molecule has 0 amide bonds. The maximum absolute atomic E-state index is 10.1. The van der Waals surface area contributed by atoms with Crippen molar-refractivity contribution in [2.45, 2.75) is 0 Å². The van der Waals surface area contributed by atoms with Crippen molar-refractivity contribution in [1.29, 1.82) is 0 Å². The molecule has 0 unspecified atom stereocenters. The Morgan fingerprint density at radius 1 is 0.654 bits per heavy atom. The first-order chi connectivity index (χ1) is 12.6. The van der Waals surface area contributed by atoms with Gasteiger partial charge in [-0.15, -0.1) is 0 Å². The van der Waals surface area contributed by atoms with Crippen molar-refractivity contribution < 1.29 is 18.5 Å². The summed E-state index contributed by atoms with van der Waals surface area (Å²) < 4.78 is 18.0. The fraction of sp³-hybridized carbons (Fsp3) is 0.100. The van der Waals surface area contributed by atoms with Gasteiger partial charge in [0.2, 0.25) is 0 Å². The molecule has 0 bridgehead atoms. The second-order valence-electron chi connectivity index (χ2n) is 5.18. The first kappa shape index (κ1) is 20.5. The van der Waals surface area contributed by atoms with Crippen LogP contribution >= 0.6 is 15.7 Å². The number of hydrogen-bond acceptors (Lipinski definition) is 3. The van der Waals surface area contributed by atoms with Crippen LogP contribution < -0.4 is 15.9 Å². The van der Waals surface area contributed by atoms with Crippen LogP contribution in [0.5, 0.6) is 0 Å². The van der Waals surface area contributed by atoms with E-state index in [1.54, 1.807) is 0 Å². The standard InChI is InChI=1S/C18H15P.C2H7O4P/c1-4-10-16(11-5-1)19(17-12-6-2-7-13-17)18-14-8-3-9-15-18;1-5-7(3,4)6-2/h1-15H;1-2H3,(H,3,4). The molecule has 0 heterocycles. The van der Waals surface area contributed by atoms with Gasteiger partial charge in [-0.05, 0) is 23.8 Å². The van der Waals surface area contributed by atoms with E-state index >= 15 is 0 Å². The zero-order valence-electron chi connectivity index (χ0n) is 14.7. The van der Waals surface area contributed by atoms with Crippen LogP contribution in [0.1, 0.15) is 0 Å². The van der Waals surface area contributed by atoms with Gasteiger partial charge in [0, 0.05) is 14.2 Å². The minimum absolute atomic E-state index is 0.446. The lowest BCUT2D eigenvalue weighted by Crippen LogP contribution is -2.20. The van der Waals surface area contributed by atoms with Crippen molar-refractivity contribution in [2.24, 2.45) is 0 Å². The fourth-order valence-electron chi connectivity index (χ4n) is 2.25. The second-order valence-corrected chi connectivity index (χ2v) is 9.06. The molecule has 3 aromatic carbocycles. The average molecular weight is 388 g/mol. The Morgan fingerprint density at radius 3 is 1.12 bits per heavy atom. The first-order valence-electron chi connectivity index (χ1n) is 7.97. The molecule has 0 fully saturated rings. The number of hydrogen-bond donors (Lipinski definition) is 1. The Hall–Kier alpha value is -1.80. The number of benzene rings is 3. The number of phosphoric acid groups is 1. The van der Waals surface area contributed by atoms with Crippen LogP contribution in [0.15, 0.2) is 91.0 Å². The molecule has 136 valence electrons. The third-order valence-corrected chi connectivity index (χ3v) is 6.87. The van der Waals surface area contributed by atoms with E-state index in [1.807, 2.05) is 0 Å². The summed E-state index contributed by atoms with van der Waals surface area (Å²) in [5, 5.41) is 4.19. The summed E-state index contributed by atoms with van der Waals surface area (Å²) in [5.41, 5.74) is 0. The molecule has 0 aliphatic carbocycles. The smallest absolute Gasteiger partial charge is 0.303 e. The maximum Gasteiger partial charge on any atom is 0.471 e. The Kier molecular flexibility index (Phi) is 8.18. The van der Waals surface area contributed by atoms with Crippen LogP contribution in [0.2, 0.25) is 0 Å². The molecular weight excluding hydrogens is 366 g/mol. The van der Waals surface area contributed by atoms with Crippen LogP contribution in [0.25, 0.3) is 0 Å². The third kappa shape index (κ3) is 6.17. The molecule has 6 heteroatoms. The molecule has 0 radical (unpaired) electrons. The van der Waals surface area contributed by atoms with Gasteiger partial charge in [0.1, 0.15) is 0 Å². The second kappa shape index (κ2) is 10.4. The molecule has 0 aliphatic heterocycles. The molecule has 0 saturated heterocycles. The SMILES string of the molecule is COP(=O)(O)OC.c1ccc(P(c2ccccc2)c2ccccc2)cc1. The number of rotatable bonds is 5. The van der Waals surface area contributed by atoms with E-state index in [2.05, 4.69) is 100 Å². The highest BCUT2D eigenvalue weighted by Crippen LogP contribution is 2.40. The predicted octanol–water partition coefficient (Wildman–Crippen LogP) is 3.82. The van der Waals surface area contributed by atoms with Crippen LogP contribution in [0, 0.1) is 0 Å². The summed E-state index contributed by atoms with van der Waals surface area (Å²) >= 11 is 0. The van der Waals surface area contributed by atoms with Gasteiger partial charge in [0.15, 0.2) is 0 Å². The lowest BCUT2D eigenvalue weighted by Gasteiger charge is -2.18. The lowest BCUT2D eigenvalue weighted by molar-refractivity contribution is 0.204. The zero-order valence-corrected chi connectivity index (χ0v) is 16.5. The topological polar surface area (TPSA) is 55.8 Å². The van der Waals surface area contributed by atoms with E-state index in [4.69, 9.17) is 4.89 Å². The molecule has 0 saturated carbocycles. The molecule has 3 aromatic rings. The molecule has 0 spiro atoms. The van der Waals surface area contributed by atoms with E-state index in [1.165, 1.54) is 15.9 Å². The number of phosphoric ester groups is 1. The monoisotopic (exact) mass is 388 g/mol. The normalized spacial score (nSPS) is 10.9. The molecule has 0 aliphatic rings. The average Bonchev–Trinajstić information content (AvgIpc) is 2.71. The molecule has 0 atom stereocenters. The summed E-state index contributed by atoms with van der Waals surface area (Å²) in [6.07, 6.45) is 0. The van der Waals surface area contributed by atoms with Gasteiger partial charge < -0.3 is 4.89 Å². The van der Waals surface area contributed by atoms with Gasteiger partial charge in [0.25, 0.3) is 0 Å². The minimum atomic E-state index is -3.65. The van der Waals surface area contributed by atoms with Gasteiger partial charge in [-0.3, -0.25) is 9.05 Å². The summed E-state index contributed by atoms with van der Waals surface area (Å²) in [4.78, 5) is 8.24. The van der Waals surface area contributed by atoms with Crippen molar-refractivity contribution in [3.63, 3.8) is 0 Å². The van der Waals surface area contributed by atoms with Gasteiger partial charge in [-0.1, -0.05) is 91.0 Å². The van der Waals surface area contributed by atoms with E-state index in [9.17, 15) is 4.57 Å². The fourth-order valence-corrected chi connectivity index (χ4v) is 4.71. The molecule has 1 N–H and O–H groups in total. The summed E-state index contributed by atoms with van der Waals surface area (Å²) in [6.45, 7) is 0. The highest BCUT2D eigenvalue weighted by atomic mass is 31.2. The summed E-state index contributed by atoms with van der Waals surface area (Å²) in [7, 11) is -1.90. The van der Waals surface area contributed by atoms with E-state index < -0.39 is 15.7 Å². The molecule has 3 rings (SSSR count). The van der Waals surface area contributed by atoms with Gasteiger partial charge in [0.05, 0.1) is 0 Å². The zero-order chi connectivity index (χ0) is 18.8. The van der Waals surface area contributed by atoms with Gasteiger partial charge in [-0.25, -0.2) is 4.57 Å². The predicted molar refractivity (Wildman–Crippen MR) is 109 cm³/mol. The Labute approximate surface area is 155 Å². The maximum atomic E-state index is 10.1. The Balaban J connectivity index is 0.000000298.